The van der Waals surface area contributed by atoms with E-state index in [4.69, 9.17) is 4.52 Å². The second-order valence-electron chi connectivity index (χ2n) is 7.01. The van der Waals surface area contributed by atoms with Crippen LogP contribution in [0.4, 0.5) is 15.8 Å². The maximum atomic E-state index is 13.2. The van der Waals surface area contributed by atoms with Crippen LogP contribution in [0.3, 0.4) is 0 Å². The van der Waals surface area contributed by atoms with Crippen LogP contribution in [0.2, 0.25) is 0 Å². The van der Waals surface area contributed by atoms with E-state index in [0.717, 1.165) is 38.4 Å². The maximum absolute atomic E-state index is 13.2. The van der Waals surface area contributed by atoms with Crippen molar-refractivity contribution in [1.29, 1.82) is 0 Å². The number of amides is 1. The molecule has 29 heavy (non-hydrogen) atoms. The smallest absolute Gasteiger partial charge is 0.261 e. The zero-order chi connectivity index (χ0) is 20.2. The lowest BCUT2D eigenvalue weighted by molar-refractivity contribution is 0.102. The number of aromatic nitrogens is 1. The molecular formula is C22H23FN4O2. The SMILES string of the molecule is CCN1CCN(c2ccc(NC(=O)c3conc3-c3ccc(F)cc3)cc2)CC1. The van der Waals surface area contributed by atoms with E-state index in [1.165, 1.54) is 18.4 Å². The quantitative estimate of drug-likeness (QED) is 0.712. The largest absolute Gasteiger partial charge is 0.369 e. The highest BCUT2D eigenvalue weighted by atomic mass is 19.1. The molecule has 0 aliphatic carbocycles. The van der Waals surface area contributed by atoms with Crippen LogP contribution < -0.4 is 10.2 Å². The van der Waals surface area contributed by atoms with Crippen molar-refractivity contribution in [2.24, 2.45) is 0 Å². The number of nitrogens with one attached hydrogen (secondary N) is 1. The molecular weight excluding hydrogens is 371 g/mol. The molecule has 2 aromatic carbocycles. The zero-order valence-corrected chi connectivity index (χ0v) is 16.3. The summed E-state index contributed by atoms with van der Waals surface area (Å²) < 4.78 is 18.1. The highest BCUT2D eigenvalue weighted by Gasteiger charge is 2.19. The standard InChI is InChI=1S/C22H23FN4O2/c1-2-26-11-13-27(14-12-26)19-9-7-18(8-10-19)24-22(28)20-15-29-25-21(20)16-3-5-17(23)6-4-16/h3-10,15H,2,11-14H2,1H3,(H,24,28). The van der Waals surface area contributed by atoms with Crippen LogP contribution in [-0.2, 0) is 0 Å². The van der Waals surface area contributed by atoms with Crippen molar-refractivity contribution in [3.8, 4) is 11.3 Å². The summed E-state index contributed by atoms with van der Waals surface area (Å²) in [6.07, 6.45) is 1.30. The number of anilines is 2. The Labute approximate surface area is 168 Å². The molecule has 0 spiro atoms. The van der Waals surface area contributed by atoms with Gasteiger partial charge in [0.25, 0.3) is 5.91 Å². The second-order valence-corrected chi connectivity index (χ2v) is 7.01. The van der Waals surface area contributed by atoms with Crippen LogP contribution in [0.15, 0.2) is 59.3 Å². The number of carbonyl (C=O) groups excluding carboxylic acids is 1. The van der Waals surface area contributed by atoms with Crippen LogP contribution in [0.25, 0.3) is 11.3 Å². The number of likely N-dealkylation sites (N-methyl/N-ethyl adjacent to an activating group) is 1. The Morgan fingerprint density at radius 1 is 1.07 bits per heavy atom. The molecule has 1 N–H and O–H groups in total. The third kappa shape index (κ3) is 4.30. The van der Waals surface area contributed by atoms with Gasteiger partial charge in [-0.05, 0) is 55.1 Å². The topological polar surface area (TPSA) is 61.6 Å². The summed E-state index contributed by atoms with van der Waals surface area (Å²) in [5, 5.41) is 6.77. The Hall–Kier alpha value is -3.19. The molecule has 1 aliphatic rings. The Bertz CT molecular complexity index is 961. The summed E-state index contributed by atoms with van der Waals surface area (Å²) in [6, 6.07) is 13.6. The van der Waals surface area contributed by atoms with Crippen LogP contribution in [0, 0.1) is 5.82 Å². The van der Waals surface area contributed by atoms with Crippen molar-refractivity contribution < 1.29 is 13.7 Å². The van der Waals surface area contributed by atoms with Gasteiger partial charge in [0, 0.05) is 43.1 Å². The monoisotopic (exact) mass is 394 g/mol. The number of nitrogens with zero attached hydrogens (tertiary/aromatic N) is 3. The number of hydrogen-bond acceptors (Lipinski definition) is 5. The number of halogens is 1. The predicted molar refractivity (Wildman–Crippen MR) is 111 cm³/mol. The lowest BCUT2D eigenvalue weighted by Gasteiger charge is -2.35. The fraction of sp³-hybridized carbons (Fsp3) is 0.273. The minimum Gasteiger partial charge on any atom is -0.369 e. The third-order valence-corrected chi connectivity index (χ3v) is 5.24. The van der Waals surface area contributed by atoms with E-state index in [1.807, 2.05) is 24.3 Å². The van der Waals surface area contributed by atoms with E-state index in [0.29, 0.717) is 22.5 Å². The molecule has 1 amide bonds. The molecule has 1 aliphatic heterocycles. The minimum atomic E-state index is -0.348. The van der Waals surface area contributed by atoms with Crippen molar-refractivity contribution in [3.05, 3.63) is 66.2 Å². The van der Waals surface area contributed by atoms with Gasteiger partial charge in [0.1, 0.15) is 23.3 Å². The van der Waals surface area contributed by atoms with Gasteiger partial charge >= 0.3 is 0 Å². The molecule has 0 unspecified atom stereocenters. The van der Waals surface area contributed by atoms with Gasteiger partial charge in [0.2, 0.25) is 0 Å². The molecule has 2 heterocycles. The number of benzene rings is 2. The Kier molecular flexibility index (Phi) is 5.57. The van der Waals surface area contributed by atoms with Crippen LogP contribution in [-0.4, -0.2) is 48.7 Å². The molecule has 0 bridgehead atoms. The first-order valence-corrected chi connectivity index (χ1v) is 9.73. The van der Waals surface area contributed by atoms with Crippen molar-refractivity contribution in [1.82, 2.24) is 10.1 Å². The van der Waals surface area contributed by atoms with Crippen LogP contribution >= 0.6 is 0 Å². The first kappa shape index (κ1) is 19.1. The Morgan fingerprint density at radius 3 is 2.41 bits per heavy atom. The van der Waals surface area contributed by atoms with E-state index >= 15 is 0 Å². The first-order valence-electron chi connectivity index (χ1n) is 9.73. The molecule has 6 nitrogen and oxygen atoms in total. The van der Waals surface area contributed by atoms with E-state index in [2.05, 4.69) is 27.2 Å². The third-order valence-electron chi connectivity index (χ3n) is 5.24. The summed E-state index contributed by atoms with van der Waals surface area (Å²) in [5.41, 5.74) is 3.14. The highest BCUT2D eigenvalue weighted by molar-refractivity contribution is 6.07. The fourth-order valence-corrected chi connectivity index (χ4v) is 3.49. The average Bonchev–Trinajstić information content (AvgIpc) is 3.25. The molecule has 150 valence electrons. The Morgan fingerprint density at radius 2 is 1.76 bits per heavy atom. The van der Waals surface area contributed by atoms with E-state index in [9.17, 15) is 9.18 Å². The van der Waals surface area contributed by atoms with E-state index in [-0.39, 0.29) is 11.7 Å². The van der Waals surface area contributed by atoms with Crippen molar-refractivity contribution in [3.63, 3.8) is 0 Å². The molecule has 0 saturated carbocycles. The van der Waals surface area contributed by atoms with Gasteiger partial charge in [-0.1, -0.05) is 12.1 Å². The van der Waals surface area contributed by atoms with Crippen LogP contribution in [0.5, 0.6) is 0 Å². The highest BCUT2D eigenvalue weighted by Crippen LogP contribution is 2.24. The fourth-order valence-electron chi connectivity index (χ4n) is 3.49. The summed E-state index contributed by atoms with van der Waals surface area (Å²) >= 11 is 0. The predicted octanol–water partition coefficient (Wildman–Crippen LogP) is 3.87. The first-order chi connectivity index (χ1) is 14.1. The van der Waals surface area contributed by atoms with E-state index < -0.39 is 0 Å². The van der Waals surface area contributed by atoms with Crippen molar-refractivity contribution in [2.45, 2.75) is 6.92 Å². The summed E-state index contributed by atoms with van der Waals surface area (Å²) in [7, 11) is 0. The van der Waals surface area contributed by atoms with Gasteiger partial charge in [0.05, 0.1) is 0 Å². The van der Waals surface area contributed by atoms with Gasteiger partial charge < -0.3 is 19.6 Å². The van der Waals surface area contributed by atoms with Crippen molar-refractivity contribution in [2.75, 3.05) is 42.9 Å². The summed E-state index contributed by atoms with van der Waals surface area (Å²) in [5.74, 6) is -0.672. The van der Waals surface area contributed by atoms with Gasteiger partial charge in [-0.25, -0.2) is 4.39 Å². The molecule has 0 atom stereocenters. The second kappa shape index (κ2) is 8.45. The summed E-state index contributed by atoms with van der Waals surface area (Å²) in [6.45, 7) is 7.40. The molecule has 1 aromatic heterocycles. The lowest BCUT2D eigenvalue weighted by atomic mass is 10.1. The van der Waals surface area contributed by atoms with Gasteiger partial charge in [0.15, 0.2) is 0 Å². The van der Waals surface area contributed by atoms with Crippen LogP contribution in [0.1, 0.15) is 17.3 Å². The molecule has 1 saturated heterocycles. The molecule has 3 aromatic rings. The number of carbonyl (C=O) groups is 1. The number of hydrogen-bond donors (Lipinski definition) is 1. The van der Waals surface area contributed by atoms with Crippen molar-refractivity contribution >= 4 is 17.3 Å². The molecule has 4 rings (SSSR count). The average molecular weight is 394 g/mol. The molecule has 0 radical (unpaired) electrons. The number of piperazine rings is 1. The number of rotatable bonds is 5. The molecule has 7 heteroatoms. The van der Waals surface area contributed by atoms with Gasteiger partial charge in [-0.3, -0.25) is 4.79 Å². The zero-order valence-electron chi connectivity index (χ0n) is 16.3. The summed E-state index contributed by atoms with van der Waals surface area (Å²) in [4.78, 5) is 17.5. The minimum absolute atomic E-state index is 0.302. The lowest BCUT2D eigenvalue weighted by Crippen LogP contribution is -2.46. The van der Waals surface area contributed by atoms with E-state index in [1.54, 1.807) is 12.1 Å². The molecule has 1 fully saturated rings. The Balaban J connectivity index is 1.43. The van der Waals surface area contributed by atoms with Gasteiger partial charge in [-0.2, -0.15) is 0 Å². The van der Waals surface area contributed by atoms with Gasteiger partial charge in [-0.15, -0.1) is 0 Å². The maximum Gasteiger partial charge on any atom is 0.261 e. The normalized spacial score (nSPS) is 14.8.